The fourth-order valence-corrected chi connectivity index (χ4v) is 2.26. The number of nitrogens with one attached hydrogen (secondary N) is 1. The average molecular weight is 258 g/mol. The van der Waals surface area contributed by atoms with Crippen molar-refractivity contribution in [1.82, 2.24) is 5.32 Å². The molecule has 0 saturated carbocycles. The fourth-order valence-electron chi connectivity index (χ4n) is 1.95. The van der Waals surface area contributed by atoms with Gasteiger partial charge in [0.25, 0.3) is 5.91 Å². The summed E-state index contributed by atoms with van der Waals surface area (Å²) < 4.78 is 5.25. The third-order valence-electron chi connectivity index (χ3n) is 2.78. The minimum atomic E-state index is -0.535. The van der Waals surface area contributed by atoms with Gasteiger partial charge >= 0.3 is 0 Å². The van der Waals surface area contributed by atoms with E-state index in [1.165, 1.54) is 4.90 Å². The molecule has 18 heavy (non-hydrogen) atoms. The first-order valence-electron chi connectivity index (χ1n) is 5.50. The summed E-state index contributed by atoms with van der Waals surface area (Å²) in [7, 11) is 0. The van der Waals surface area contributed by atoms with Crippen molar-refractivity contribution in [3.8, 4) is 0 Å². The van der Waals surface area contributed by atoms with E-state index in [0.29, 0.717) is 10.9 Å². The number of furan rings is 1. The lowest BCUT2D eigenvalue weighted by Gasteiger charge is -2.14. The Balaban J connectivity index is 1.95. The summed E-state index contributed by atoms with van der Waals surface area (Å²) in [6.07, 6.45) is 1.54. The molecule has 1 aromatic carbocycles. The largest absolute Gasteiger partial charge is 0.467 e. The number of hydrogen-bond donors (Lipinski definition) is 1. The highest BCUT2D eigenvalue weighted by Gasteiger charge is 2.38. The summed E-state index contributed by atoms with van der Waals surface area (Å²) in [6, 6.07) is 12.3. The van der Waals surface area contributed by atoms with E-state index in [1.54, 1.807) is 18.4 Å². The Hall–Kier alpha value is -2.14. The van der Waals surface area contributed by atoms with Crippen molar-refractivity contribution in [2.75, 3.05) is 4.90 Å². The Morgan fingerprint density at radius 2 is 1.94 bits per heavy atom. The average Bonchev–Trinajstić information content (AvgIpc) is 2.99. The predicted octanol–water partition coefficient (Wildman–Crippen LogP) is 2.24. The summed E-state index contributed by atoms with van der Waals surface area (Å²) in [4.78, 5) is 13.8. The molecule has 1 amide bonds. The Bertz CT molecular complexity index is 580. The first kappa shape index (κ1) is 11.0. The molecule has 0 spiro atoms. The number of benzene rings is 1. The summed E-state index contributed by atoms with van der Waals surface area (Å²) in [5, 5.41) is 3.36. The summed E-state index contributed by atoms with van der Waals surface area (Å²) in [5.41, 5.74) is 0.758. The minimum absolute atomic E-state index is 0.124. The number of hydrogen-bond acceptors (Lipinski definition) is 3. The Kier molecular flexibility index (Phi) is 2.60. The lowest BCUT2D eigenvalue weighted by atomic mass is 10.2. The number of carbonyl (C=O) groups is 1. The topological polar surface area (TPSA) is 45.5 Å². The molecular formula is C13H10N2O2S. The van der Waals surface area contributed by atoms with Crippen molar-refractivity contribution in [2.24, 2.45) is 0 Å². The van der Waals surface area contributed by atoms with Crippen LogP contribution in [0.2, 0.25) is 0 Å². The number of nitrogens with zero attached hydrogens (tertiary/aromatic N) is 1. The molecule has 1 aliphatic heterocycles. The normalized spacial score (nSPS) is 19.1. The van der Waals surface area contributed by atoms with E-state index in [-0.39, 0.29) is 5.91 Å². The van der Waals surface area contributed by atoms with Crippen LogP contribution in [0.5, 0.6) is 0 Å². The van der Waals surface area contributed by atoms with Gasteiger partial charge in [0.1, 0.15) is 5.76 Å². The third-order valence-corrected chi connectivity index (χ3v) is 3.08. The van der Waals surface area contributed by atoms with Crippen LogP contribution in [0.25, 0.3) is 0 Å². The van der Waals surface area contributed by atoms with E-state index < -0.39 is 6.04 Å². The molecule has 0 radical (unpaired) electrons. The molecular weight excluding hydrogens is 248 g/mol. The Labute approximate surface area is 109 Å². The maximum absolute atomic E-state index is 12.3. The minimum Gasteiger partial charge on any atom is -0.467 e. The van der Waals surface area contributed by atoms with Crippen molar-refractivity contribution in [1.29, 1.82) is 0 Å². The SMILES string of the molecule is O=C1C(c2ccco2)NC(=S)N1c1ccccc1. The zero-order valence-electron chi connectivity index (χ0n) is 9.37. The monoisotopic (exact) mass is 258 g/mol. The molecule has 1 aliphatic rings. The number of anilines is 1. The first-order chi connectivity index (χ1) is 8.77. The second kappa shape index (κ2) is 4.27. The van der Waals surface area contributed by atoms with Gasteiger partial charge < -0.3 is 9.73 Å². The first-order valence-corrected chi connectivity index (χ1v) is 5.91. The fraction of sp³-hybridized carbons (Fsp3) is 0.0769. The highest BCUT2D eigenvalue weighted by atomic mass is 32.1. The van der Waals surface area contributed by atoms with Crippen molar-refractivity contribution in [3.63, 3.8) is 0 Å². The van der Waals surface area contributed by atoms with Gasteiger partial charge in [0, 0.05) is 0 Å². The molecule has 4 nitrogen and oxygen atoms in total. The van der Waals surface area contributed by atoms with Crippen LogP contribution in [0.4, 0.5) is 5.69 Å². The van der Waals surface area contributed by atoms with E-state index in [1.807, 2.05) is 30.3 Å². The number of thiocarbonyl (C=S) groups is 1. The van der Waals surface area contributed by atoms with E-state index >= 15 is 0 Å². The Morgan fingerprint density at radius 1 is 1.17 bits per heavy atom. The molecule has 2 aromatic rings. The van der Waals surface area contributed by atoms with Crippen LogP contribution in [-0.2, 0) is 4.79 Å². The highest BCUT2D eigenvalue weighted by molar-refractivity contribution is 7.80. The van der Waals surface area contributed by atoms with Crippen LogP contribution in [0.1, 0.15) is 11.8 Å². The maximum Gasteiger partial charge on any atom is 0.263 e. The zero-order chi connectivity index (χ0) is 12.5. The van der Waals surface area contributed by atoms with Gasteiger partial charge in [-0.05, 0) is 36.5 Å². The second-order valence-corrected chi connectivity index (χ2v) is 4.29. The highest BCUT2D eigenvalue weighted by Crippen LogP contribution is 2.26. The number of rotatable bonds is 2. The molecule has 1 aromatic heterocycles. The smallest absolute Gasteiger partial charge is 0.263 e. The van der Waals surface area contributed by atoms with E-state index in [0.717, 1.165) is 5.69 Å². The van der Waals surface area contributed by atoms with Crippen molar-refractivity contribution in [3.05, 3.63) is 54.5 Å². The molecule has 5 heteroatoms. The van der Waals surface area contributed by atoms with E-state index in [9.17, 15) is 4.79 Å². The molecule has 1 unspecified atom stereocenters. The van der Waals surface area contributed by atoms with Gasteiger partial charge in [-0.25, -0.2) is 0 Å². The summed E-state index contributed by atoms with van der Waals surface area (Å²) in [6.45, 7) is 0. The van der Waals surface area contributed by atoms with E-state index in [4.69, 9.17) is 16.6 Å². The molecule has 1 fully saturated rings. The zero-order valence-corrected chi connectivity index (χ0v) is 10.2. The molecule has 90 valence electrons. The van der Waals surface area contributed by atoms with Crippen LogP contribution < -0.4 is 10.2 Å². The third kappa shape index (κ3) is 1.69. The van der Waals surface area contributed by atoms with Gasteiger partial charge in [-0.1, -0.05) is 18.2 Å². The quantitative estimate of drug-likeness (QED) is 0.839. The van der Waals surface area contributed by atoms with Crippen molar-refractivity contribution in [2.45, 2.75) is 6.04 Å². The molecule has 1 saturated heterocycles. The van der Waals surface area contributed by atoms with Gasteiger partial charge in [-0.2, -0.15) is 0 Å². The molecule has 0 bridgehead atoms. The van der Waals surface area contributed by atoms with E-state index in [2.05, 4.69) is 5.32 Å². The standard InChI is InChI=1S/C13H10N2O2S/c16-12-11(10-7-4-8-17-10)14-13(18)15(12)9-5-2-1-3-6-9/h1-8,11H,(H,14,18). The lowest BCUT2D eigenvalue weighted by Crippen LogP contribution is -2.30. The number of amides is 1. The van der Waals surface area contributed by atoms with Crippen LogP contribution in [0.15, 0.2) is 53.1 Å². The van der Waals surface area contributed by atoms with Crippen LogP contribution in [0.3, 0.4) is 0 Å². The van der Waals surface area contributed by atoms with Gasteiger partial charge in [0.05, 0.1) is 12.0 Å². The molecule has 2 heterocycles. The van der Waals surface area contributed by atoms with Crippen LogP contribution in [-0.4, -0.2) is 11.0 Å². The maximum atomic E-state index is 12.3. The van der Waals surface area contributed by atoms with Crippen molar-refractivity contribution >= 4 is 28.9 Å². The van der Waals surface area contributed by atoms with Gasteiger partial charge in [-0.3, -0.25) is 9.69 Å². The van der Waals surface area contributed by atoms with Crippen LogP contribution in [0, 0.1) is 0 Å². The molecule has 1 atom stereocenters. The van der Waals surface area contributed by atoms with Gasteiger partial charge in [-0.15, -0.1) is 0 Å². The number of carbonyl (C=O) groups excluding carboxylic acids is 1. The molecule has 3 rings (SSSR count). The van der Waals surface area contributed by atoms with Gasteiger partial charge in [0.15, 0.2) is 11.2 Å². The van der Waals surface area contributed by atoms with Crippen molar-refractivity contribution < 1.29 is 9.21 Å². The predicted molar refractivity (Wildman–Crippen MR) is 71.1 cm³/mol. The molecule has 0 aliphatic carbocycles. The second-order valence-electron chi connectivity index (χ2n) is 3.91. The molecule has 1 N–H and O–H groups in total. The summed E-state index contributed by atoms with van der Waals surface area (Å²) in [5.74, 6) is 0.446. The summed E-state index contributed by atoms with van der Waals surface area (Å²) >= 11 is 5.20. The lowest BCUT2D eigenvalue weighted by molar-refractivity contribution is -0.118. The van der Waals surface area contributed by atoms with Gasteiger partial charge in [0.2, 0.25) is 0 Å². The Morgan fingerprint density at radius 3 is 2.61 bits per heavy atom. The number of para-hydroxylation sites is 1. The van der Waals surface area contributed by atoms with Crippen LogP contribution >= 0.6 is 12.2 Å².